The number of para-hydroxylation sites is 1. The molecule has 0 heterocycles. The third-order valence-corrected chi connectivity index (χ3v) is 6.68. The second kappa shape index (κ2) is 10.6. The number of hydrogen-bond donors (Lipinski definition) is 2. The minimum absolute atomic E-state index is 0.0892. The molecule has 0 radical (unpaired) electrons. The van der Waals surface area contributed by atoms with Gasteiger partial charge in [0.2, 0.25) is 15.9 Å². The maximum Gasteiger partial charge on any atom is 0.241 e. The minimum atomic E-state index is -3.89. The first kappa shape index (κ1) is 23.0. The number of carbonyl (C=O) groups excluding carboxylic acids is 1. The molecule has 3 rings (SSSR count). The zero-order valence-corrected chi connectivity index (χ0v) is 19.3. The highest BCUT2D eigenvalue weighted by atomic mass is 79.9. The van der Waals surface area contributed by atoms with Crippen LogP contribution in [0.5, 0.6) is 5.75 Å². The van der Waals surface area contributed by atoms with Gasteiger partial charge in [-0.1, -0.05) is 64.5 Å². The normalized spacial score (nSPS) is 12.2. The molecule has 1 atom stereocenters. The Morgan fingerprint density at radius 2 is 1.61 bits per heavy atom. The fourth-order valence-corrected chi connectivity index (χ4v) is 4.52. The molecule has 1 amide bonds. The van der Waals surface area contributed by atoms with Crippen LogP contribution in [0.4, 0.5) is 0 Å². The largest absolute Gasteiger partial charge is 0.496 e. The molecule has 0 saturated carbocycles. The van der Waals surface area contributed by atoms with E-state index >= 15 is 0 Å². The first-order chi connectivity index (χ1) is 14.9. The summed E-state index contributed by atoms with van der Waals surface area (Å²) in [6.07, 6.45) is 0.217. The molecule has 0 fully saturated rings. The van der Waals surface area contributed by atoms with Crippen LogP contribution in [-0.2, 0) is 27.8 Å². The monoisotopic (exact) mass is 502 g/mol. The fourth-order valence-electron chi connectivity index (χ4n) is 3.06. The number of methoxy groups -OCH3 is 1. The van der Waals surface area contributed by atoms with E-state index in [4.69, 9.17) is 4.74 Å². The number of hydrogen-bond acceptors (Lipinski definition) is 4. The summed E-state index contributed by atoms with van der Waals surface area (Å²) in [6, 6.07) is 21.9. The smallest absolute Gasteiger partial charge is 0.241 e. The number of benzene rings is 3. The summed E-state index contributed by atoms with van der Waals surface area (Å²) in [5.74, 6) is 0.230. The van der Waals surface area contributed by atoms with Crippen molar-refractivity contribution < 1.29 is 17.9 Å². The number of nitrogens with one attached hydrogen (secondary N) is 2. The molecule has 3 aromatic carbocycles. The summed E-state index contributed by atoms with van der Waals surface area (Å²) < 4.78 is 34.4. The average molecular weight is 503 g/mol. The van der Waals surface area contributed by atoms with Gasteiger partial charge < -0.3 is 10.1 Å². The quantitative estimate of drug-likeness (QED) is 0.467. The van der Waals surface area contributed by atoms with Crippen molar-refractivity contribution in [2.45, 2.75) is 23.9 Å². The topological polar surface area (TPSA) is 84.5 Å². The van der Waals surface area contributed by atoms with Crippen LogP contribution < -0.4 is 14.8 Å². The summed E-state index contributed by atoms with van der Waals surface area (Å²) in [5.41, 5.74) is 1.64. The minimum Gasteiger partial charge on any atom is -0.496 e. The molecule has 0 bridgehead atoms. The van der Waals surface area contributed by atoms with Crippen LogP contribution in [0.1, 0.15) is 11.1 Å². The van der Waals surface area contributed by atoms with Gasteiger partial charge in [0.05, 0.1) is 12.0 Å². The number of sulfonamides is 1. The van der Waals surface area contributed by atoms with E-state index in [1.807, 2.05) is 48.5 Å². The highest BCUT2D eigenvalue weighted by Crippen LogP contribution is 2.18. The van der Waals surface area contributed by atoms with E-state index in [1.54, 1.807) is 25.3 Å². The van der Waals surface area contributed by atoms with Gasteiger partial charge in [-0.2, -0.15) is 4.72 Å². The Morgan fingerprint density at radius 1 is 0.968 bits per heavy atom. The van der Waals surface area contributed by atoms with Gasteiger partial charge in [0.15, 0.2) is 0 Å². The second-order valence-electron chi connectivity index (χ2n) is 6.85. The van der Waals surface area contributed by atoms with E-state index in [2.05, 4.69) is 26.0 Å². The van der Waals surface area contributed by atoms with E-state index in [0.717, 1.165) is 15.6 Å². The predicted octanol–water partition coefficient (Wildman–Crippen LogP) is 3.66. The van der Waals surface area contributed by atoms with Gasteiger partial charge in [-0.15, -0.1) is 0 Å². The first-order valence-corrected chi connectivity index (χ1v) is 11.9. The third kappa shape index (κ3) is 6.40. The van der Waals surface area contributed by atoms with Crippen molar-refractivity contribution in [1.82, 2.24) is 10.0 Å². The molecule has 0 aliphatic carbocycles. The van der Waals surface area contributed by atoms with Crippen LogP contribution in [0.2, 0.25) is 0 Å². The average Bonchev–Trinajstić information content (AvgIpc) is 2.78. The molecule has 0 aliphatic heterocycles. The van der Waals surface area contributed by atoms with Crippen molar-refractivity contribution >= 4 is 31.9 Å². The van der Waals surface area contributed by atoms with Crippen molar-refractivity contribution in [2.75, 3.05) is 7.11 Å². The lowest BCUT2D eigenvalue weighted by Gasteiger charge is -2.19. The molecule has 6 nitrogen and oxygen atoms in total. The Hall–Kier alpha value is -2.68. The van der Waals surface area contributed by atoms with Crippen LogP contribution in [0.15, 0.2) is 88.2 Å². The van der Waals surface area contributed by atoms with Gasteiger partial charge in [-0.05, 0) is 42.3 Å². The zero-order chi connectivity index (χ0) is 22.3. The van der Waals surface area contributed by atoms with Crippen LogP contribution in [0.3, 0.4) is 0 Å². The van der Waals surface area contributed by atoms with Crippen molar-refractivity contribution in [2.24, 2.45) is 0 Å². The van der Waals surface area contributed by atoms with Crippen LogP contribution in [0, 0.1) is 0 Å². The van der Waals surface area contributed by atoms with E-state index in [0.29, 0.717) is 5.75 Å². The summed E-state index contributed by atoms with van der Waals surface area (Å²) in [4.78, 5) is 13.1. The van der Waals surface area contributed by atoms with E-state index < -0.39 is 22.0 Å². The summed E-state index contributed by atoms with van der Waals surface area (Å²) in [7, 11) is -2.33. The van der Waals surface area contributed by atoms with E-state index in [9.17, 15) is 13.2 Å². The third-order valence-electron chi connectivity index (χ3n) is 4.67. The molecule has 0 unspecified atom stereocenters. The number of amides is 1. The van der Waals surface area contributed by atoms with E-state index in [-0.39, 0.29) is 17.9 Å². The highest BCUT2D eigenvalue weighted by molar-refractivity contribution is 9.10. The lowest BCUT2D eigenvalue weighted by Crippen LogP contribution is -2.47. The number of carbonyl (C=O) groups is 1. The predicted molar refractivity (Wildman–Crippen MR) is 123 cm³/mol. The van der Waals surface area contributed by atoms with Gasteiger partial charge in [0, 0.05) is 16.6 Å². The van der Waals surface area contributed by atoms with Gasteiger partial charge >= 0.3 is 0 Å². The molecule has 0 spiro atoms. The SMILES string of the molecule is COc1ccccc1CNC(=O)[C@H](Cc1ccccc1)NS(=O)(=O)c1ccc(Br)cc1. The molecule has 2 N–H and O–H groups in total. The highest BCUT2D eigenvalue weighted by Gasteiger charge is 2.26. The zero-order valence-electron chi connectivity index (χ0n) is 16.9. The maximum absolute atomic E-state index is 13.0. The van der Waals surface area contributed by atoms with Crippen molar-refractivity contribution in [3.05, 3.63) is 94.5 Å². The van der Waals surface area contributed by atoms with Crippen LogP contribution >= 0.6 is 15.9 Å². The Balaban J connectivity index is 1.80. The molecule has 3 aromatic rings. The Bertz CT molecular complexity index is 1120. The lowest BCUT2D eigenvalue weighted by atomic mass is 10.1. The van der Waals surface area contributed by atoms with Crippen molar-refractivity contribution in [3.8, 4) is 5.75 Å². The fraction of sp³-hybridized carbons (Fsp3) is 0.174. The van der Waals surface area contributed by atoms with Gasteiger partial charge in [-0.25, -0.2) is 8.42 Å². The van der Waals surface area contributed by atoms with E-state index in [1.165, 1.54) is 12.1 Å². The molecular formula is C23H23BrN2O4S. The number of ether oxygens (including phenoxy) is 1. The summed E-state index contributed by atoms with van der Waals surface area (Å²) in [6.45, 7) is 0.216. The Kier molecular flexibility index (Phi) is 7.84. The van der Waals surface area contributed by atoms with Crippen LogP contribution in [0.25, 0.3) is 0 Å². The van der Waals surface area contributed by atoms with Gasteiger partial charge in [0.1, 0.15) is 11.8 Å². The molecule has 0 aliphatic rings. The van der Waals surface area contributed by atoms with Crippen LogP contribution in [-0.4, -0.2) is 27.5 Å². The lowest BCUT2D eigenvalue weighted by molar-refractivity contribution is -0.122. The van der Waals surface area contributed by atoms with Crippen molar-refractivity contribution in [1.29, 1.82) is 0 Å². The summed E-state index contributed by atoms with van der Waals surface area (Å²) in [5, 5.41) is 2.82. The standard InChI is InChI=1S/C23H23BrN2O4S/c1-30-22-10-6-5-9-18(22)16-25-23(27)21(15-17-7-3-2-4-8-17)26-31(28,29)20-13-11-19(24)12-14-20/h2-14,21,26H,15-16H2,1H3,(H,25,27)/t21-/m0/s1. The molecule has 0 saturated heterocycles. The Labute approximate surface area is 190 Å². The second-order valence-corrected chi connectivity index (χ2v) is 9.48. The summed E-state index contributed by atoms with van der Waals surface area (Å²) >= 11 is 3.30. The number of halogens is 1. The Morgan fingerprint density at radius 3 is 2.29 bits per heavy atom. The first-order valence-electron chi connectivity index (χ1n) is 9.60. The molecule has 31 heavy (non-hydrogen) atoms. The number of rotatable bonds is 9. The van der Waals surface area contributed by atoms with Gasteiger partial charge in [0.25, 0.3) is 0 Å². The molecular weight excluding hydrogens is 480 g/mol. The molecule has 0 aromatic heterocycles. The molecule has 8 heteroatoms. The van der Waals surface area contributed by atoms with Gasteiger partial charge in [-0.3, -0.25) is 4.79 Å². The van der Waals surface area contributed by atoms with Crippen molar-refractivity contribution in [3.63, 3.8) is 0 Å². The molecule has 162 valence electrons. The maximum atomic E-state index is 13.0.